The first-order valence-corrected chi connectivity index (χ1v) is 8.45. The molecule has 0 fully saturated rings. The number of halogens is 1. The summed E-state index contributed by atoms with van der Waals surface area (Å²) in [6.45, 7) is 0.626. The maximum atomic E-state index is 12.3. The van der Waals surface area contributed by atoms with Gasteiger partial charge in [0.15, 0.2) is 0 Å². The average molecular weight is 370 g/mol. The molecule has 0 spiro atoms. The maximum Gasteiger partial charge on any atom is 0.235 e. The van der Waals surface area contributed by atoms with E-state index in [0.29, 0.717) is 13.0 Å². The van der Waals surface area contributed by atoms with Crippen molar-refractivity contribution >= 4 is 45.8 Å². The van der Waals surface area contributed by atoms with Crippen LogP contribution < -0.4 is 0 Å². The average Bonchev–Trinajstić information content (AvgIpc) is 2.84. The van der Waals surface area contributed by atoms with E-state index in [9.17, 15) is 4.79 Å². The second-order valence-corrected chi connectivity index (χ2v) is 7.17. The van der Waals surface area contributed by atoms with Crippen molar-refractivity contribution in [3.05, 3.63) is 56.7 Å². The van der Waals surface area contributed by atoms with E-state index in [-0.39, 0.29) is 11.2 Å². The van der Waals surface area contributed by atoms with Crippen molar-refractivity contribution in [2.24, 2.45) is 0 Å². The highest BCUT2D eigenvalue weighted by atomic mass is 79.9. The minimum atomic E-state index is -0.300. The molecule has 1 heterocycles. The molecule has 1 aromatic carbocycles. The fourth-order valence-corrected chi connectivity index (χ4v) is 3.84. The molecule has 0 aliphatic heterocycles. The molecule has 2 rings (SSSR count). The van der Waals surface area contributed by atoms with Crippen LogP contribution >= 0.6 is 39.9 Å². The third-order valence-electron chi connectivity index (χ3n) is 2.95. The Morgan fingerprint density at radius 2 is 2.10 bits per heavy atom. The summed E-state index contributed by atoms with van der Waals surface area (Å²) in [6.07, 6.45) is 0.654. The summed E-state index contributed by atoms with van der Waals surface area (Å²) < 4.78 is 1.06. The molecule has 1 unspecified atom stereocenters. The van der Waals surface area contributed by atoms with Crippen molar-refractivity contribution in [3.63, 3.8) is 0 Å². The van der Waals surface area contributed by atoms with Crippen molar-refractivity contribution in [1.82, 2.24) is 4.90 Å². The number of amides is 1. The molecule has 0 saturated heterocycles. The van der Waals surface area contributed by atoms with E-state index < -0.39 is 0 Å². The van der Waals surface area contributed by atoms with Gasteiger partial charge in [-0.3, -0.25) is 4.79 Å². The zero-order valence-corrected chi connectivity index (χ0v) is 14.4. The number of hydrogen-bond acceptors (Lipinski definition) is 3. The Hall–Kier alpha value is -0.780. The molecule has 2 aromatic rings. The standard InChI is InChI=1S/C15H16BrNOS2/c1-17(9-13-8-12(16)10-20-13)15(18)14(19)7-11-5-3-2-4-6-11/h2-6,8,10,14,19H,7,9H2,1H3. The van der Waals surface area contributed by atoms with E-state index in [2.05, 4.69) is 28.6 Å². The summed E-state index contributed by atoms with van der Waals surface area (Å²) in [5.74, 6) is 0.0571. The second kappa shape index (κ2) is 7.29. The highest BCUT2D eigenvalue weighted by Crippen LogP contribution is 2.21. The predicted octanol–water partition coefficient (Wildman–Crippen LogP) is 4.01. The van der Waals surface area contributed by atoms with Crippen LogP contribution in [0.15, 0.2) is 46.3 Å². The van der Waals surface area contributed by atoms with Gasteiger partial charge in [-0.25, -0.2) is 0 Å². The van der Waals surface area contributed by atoms with Gasteiger partial charge in [-0.05, 0) is 34.0 Å². The molecule has 5 heteroatoms. The van der Waals surface area contributed by atoms with Gasteiger partial charge in [0.1, 0.15) is 0 Å². The number of hydrogen-bond donors (Lipinski definition) is 1. The first kappa shape index (κ1) is 15.6. The third-order valence-corrected chi connectivity index (χ3v) is 5.03. The molecule has 20 heavy (non-hydrogen) atoms. The first-order chi connectivity index (χ1) is 9.56. The fraction of sp³-hybridized carbons (Fsp3) is 0.267. The van der Waals surface area contributed by atoms with E-state index in [0.717, 1.165) is 14.9 Å². The summed E-state index contributed by atoms with van der Waals surface area (Å²) >= 11 is 9.52. The molecular weight excluding hydrogens is 354 g/mol. The second-order valence-electron chi connectivity index (χ2n) is 4.63. The summed E-state index contributed by atoms with van der Waals surface area (Å²) in [6, 6.07) is 12.0. The number of rotatable bonds is 5. The molecule has 1 atom stereocenters. The van der Waals surface area contributed by atoms with Gasteiger partial charge >= 0.3 is 0 Å². The lowest BCUT2D eigenvalue weighted by Gasteiger charge is -2.20. The Morgan fingerprint density at radius 1 is 1.40 bits per heavy atom. The minimum absolute atomic E-state index is 0.0571. The van der Waals surface area contributed by atoms with Gasteiger partial charge in [0.05, 0.1) is 11.8 Å². The van der Waals surface area contributed by atoms with E-state index >= 15 is 0 Å². The van der Waals surface area contributed by atoms with Gasteiger partial charge in [-0.1, -0.05) is 30.3 Å². The lowest BCUT2D eigenvalue weighted by Crippen LogP contribution is -2.34. The van der Waals surface area contributed by atoms with Crippen LogP contribution in [0.5, 0.6) is 0 Å². The van der Waals surface area contributed by atoms with E-state index in [1.807, 2.05) is 48.8 Å². The van der Waals surface area contributed by atoms with E-state index in [1.54, 1.807) is 16.2 Å². The molecule has 0 aliphatic carbocycles. The van der Waals surface area contributed by atoms with Crippen LogP contribution in [-0.4, -0.2) is 23.1 Å². The lowest BCUT2D eigenvalue weighted by atomic mass is 10.1. The number of carbonyl (C=O) groups excluding carboxylic acids is 1. The summed E-state index contributed by atoms with van der Waals surface area (Å²) in [4.78, 5) is 15.2. The smallest absolute Gasteiger partial charge is 0.235 e. The van der Waals surface area contributed by atoms with Gasteiger partial charge in [0.25, 0.3) is 0 Å². The quantitative estimate of drug-likeness (QED) is 0.789. The molecule has 2 nitrogen and oxygen atoms in total. The Bertz CT molecular complexity index is 570. The highest BCUT2D eigenvalue weighted by Gasteiger charge is 2.19. The summed E-state index contributed by atoms with van der Waals surface area (Å²) in [5.41, 5.74) is 1.13. The highest BCUT2D eigenvalue weighted by molar-refractivity contribution is 9.10. The van der Waals surface area contributed by atoms with Gasteiger partial charge < -0.3 is 4.90 Å². The van der Waals surface area contributed by atoms with E-state index in [1.165, 1.54) is 0 Å². The lowest BCUT2D eigenvalue weighted by molar-refractivity contribution is -0.129. The molecule has 106 valence electrons. The van der Waals surface area contributed by atoms with Crippen LogP contribution in [0.3, 0.4) is 0 Å². The van der Waals surface area contributed by atoms with Gasteiger partial charge in [0.2, 0.25) is 5.91 Å². The van der Waals surface area contributed by atoms with Crippen LogP contribution in [0.1, 0.15) is 10.4 Å². The number of thiol groups is 1. The largest absolute Gasteiger partial charge is 0.340 e. The minimum Gasteiger partial charge on any atom is -0.340 e. The molecule has 1 aromatic heterocycles. The van der Waals surface area contributed by atoms with E-state index in [4.69, 9.17) is 0 Å². The van der Waals surface area contributed by atoms with Crippen LogP contribution in [0.4, 0.5) is 0 Å². The van der Waals surface area contributed by atoms with Crippen molar-refractivity contribution in [3.8, 4) is 0 Å². The third kappa shape index (κ3) is 4.36. The number of carbonyl (C=O) groups is 1. The van der Waals surface area contributed by atoms with Crippen molar-refractivity contribution in [1.29, 1.82) is 0 Å². The Labute approximate surface area is 137 Å². The first-order valence-electron chi connectivity index (χ1n) is 6.26. The zero-order chi connectivity index (χ0) is 14.5. The van der Waals surface area contributed by atoms with Crippen LogP contribution in [0.25, 0.3) is 0 Å². The molecule has 0 radical (unpaired) electrons. The maximum absolute atomic E-state index is 12.3. The molecule has 0 bridgehead atoms. The Balaban J connectivity index is 1.92. The van der Waals surface area contributed by atoms with Crippen LogP contribution in [-0.2, 0) is 17.8 Å². The number of thiophene rings is 1. The number of nitrogens with zero attached hydrogens (tertiary/aromatic N) is 1. The molecular formula is C15H16BrNOS2. The monoisotopic (exact) mass is 369 g/mol. The SMILES string of the molecule is CN(Cc1cc(Br)cs1)C(=O)C(S)Cc1ccccc1. The van der Waals surface area contributed by atoms with Crippen molar-refractivity contribution in [2.45, 2.75) is 18.2 Å². The molecule has 0 N–H and O–H groups in total. The summed E-state index contributed by atoms with van der Waals surface area (Å²) in [5, 5.41) is 1.72. The Morgan fingerprint density at radius 3 is 2.70 bits per heavy atom. The Kier molecular flexibility index (Phi) is 5.69. The molecule has 0 aliphatic rings. The van der Waals surface area contributed by atoms with Gasteiger partial charge in [0, 0.05) is 21.8 Å². The normalized spacial score (nSPS) is 12.2. The van der Waals surface area contributed by atoms with Crippen LogP contribution in [0, 0.1) is 0 Å². The topological polar surface area (TPSA) is 20.3 Å². The van der Waals surface area contributed by atoms with Gasteiger partial charge in [-0.15, -0.1) is 11.3 Å². The van der Waals surface area contributed by atoms with Crippen LogP contribution in [0.2, 0.25) is 0 Å². The molecule has 0 saturated carbocycles. The predicted molar refractivity (Wildman–Crippen MR) is 91.4 cm³/mol. The van der Waals surface area contributed by atoms with Crippen molar-refractivity contribution < 1.29 is 4.79 Å². The number of benzene rings is 1. The van der Waals surface area contributed by atoms with Gasteiger partial charge in [-0.2, -0.15) is 12.6 Å². The zero-order valence-electron chi connectivity index (χ0n) is 11.1. The summed E-state index contributed by atoms with van der Waals surface area (Å²) in [7, 11) is 1.82. The molecule has 1 amide bonds. The van der Waals surface area contributed by atoms with Crippen molar-refractivity contribution in [2.75, 3.05) is 7.05 Å². The fourth-order valence-electron chi connectivity index (χ4n) is 1.93.